The predicted octanol–water partition coefficient (Wildman–Crippen LogP) is 3.28. The molecule has 0 spiro atoms. The molecule has 2 aromatic carbocycles. The number of benzene rings is 2. The second kappa shape index (κ2) is 7.81. The SMILES string of the molecule is CC(=O)c1cccc(NC(=O)CNC(=O)c2ccc(C(F)(F)F)cc2)c1. The number of rotatable bonds is 5. The summed E-state index contributed by atoms with van der Waals surface area (Å²) in [5.74, 6) is -1.37. The zero-order valence-corrected chi connectivity index (χ0v) is 13.7. The number of ketones is 1. The van der Waals surface area contributed by atoms with Crippen molar-refractivity contribution in [2.45, 2.75) is 13.1 Å². The molecule has 0 unspecified atom stereocenters. The van der Waals surface area contributed by atoms with Crippen molar-refractivity contribution in [2.24, 2.45) is 0 Å². The highest BCUT2D eigenvalue weighted by Gasteiger charge is 2.30. The lowest BCUT2D eigenvalue weighted by molar-refractivity contribution is -0.137. The molecule has 0 fully saturated rings. The van der Waals surface area contributed by atoms with E-state index in [1.165, 1.54) is 13.0 Å². The number of carbonyl (C=O) groups excluding carboxylic acids is 3. The van der Waals surface area contributed by atoms with Gasteiger partial charge in [0.25, 0.3) is 5.91 Å². The summed E-state index contributed by atoms with van der Waals surface area (Å²) in [7, 11) is 0. The number of carbonyl (C=O) groups is 3. The van der Waals surface area contributed by atoms with Crippen LogP contribution >= 0.6 is 0 Å². The van der Waals surface area contributed by atoms with Gasteiger partial charge in [0.15, 0.2) is 5.78 Å². The zero-order valence-electron chi connectivity index (χ0n) is 13.7. The number of halogens is 3. The molecule has 8 heteroatoms. The van der Waals surface area contributed by atoms with E-state index < -0.39 is 23.6 Å². The molecule has 0 aliphatic rings. The standard InChI is InChI=1S/C18H15F3N2O3/c1-11(24)13-3-2-4-15(9-13)23-16(25)10-22-17(26)12-5-7-14(8-6-12)18(19,20)21/h2-9H,10H2,1H3,(H,22,26)(H,23,25). The highest BCUT2D eigenvalue weighted by Crippen LogP contribution is 2.29. The molecule has 2 amide bonds. The molecule has 0 saturated heterocycles. The zero-order chi connectivity index (χ0) is 19.3. The van der Waals surface area contributed by atoms with Crippen LogP contribution in [0.2, 0.25) is 0 Å². The van der Waals surface area contributed by atoms with E-state index in [1.807, 2.05) is 0 Å². The minimum absolute atomic E-state index is 0.00405. The average molecular weight is 364 g/mol. The van der Waals surface area contributed by atoms with Gasteiger partial charge in [-0.05, 0) is 43.3 Å². The van der Waals surface area contributed by atoms with E-state index in [9.17, 15) is 27.6 Å². The number of amides is 2. The largest absolute Gasteiger partial charge is 0.416 e. The maximum Gasteiger partial charge on any atom is 0.416 e. The van der Waals surface area contributed by atoms with Gasteiger partial charge in [0.05, 0.1) is 12.1 Å². The third-order valence-electron chi connectivity index (χ3n) is 3.44. The lowest BCUT2D eigenvalue weighted by Gasteiger charge is -2.09. The Morgan fingerprint density at radius 2 is 1.62 bits per heavy atom. The summed E-state index contributed by atoms with van der Waals surface area (Å²) in [6.07, 6.45) is -4.48. The summed E-state index contributed by atoms with van der Waals surface area (Å²) < 4.78 is 37.5. The van der Waals surface area contributed by atoms with Gasteiger partial charge in [-0.15, -0.1) is 0 Å². The Kier molecular flexibility index (Phi) is 5.76. The maximum absolute atomic E-state index is 12.5. The van der Waals surface area contributed by atoms with Crippen molar-refractivity contribution in [3.8, 4) is 0 Å². The summed E-state index contributed by atoms with van der Waals surface area (Å²) in [5, 5.41) is 4.83. The van der Waals surface area contributed by atoms with Crippen molar-refractivity contribution in [3.63, 3.8) is 0 Å². The fourth-order valence-electron chi connectivity index (χ4n) is 2.09. The van der Waals surface area contributed by atoms with E-state index in [4.69, 9.17) is 0 Å². The van der Waals surface area contributed by atoms with Gasteiger partial charge in [-0.1, -0.05) is 12.1 Å². The smallest absolute Gasteiger partial charge is 0.343 e. The van der Waals surface area contributed by atoms with Crippen LogP contribution in [0.4, 0.5) is 18.9 Å². The molecule has 0 saturated carbocycles. The molecular formula is C18H15F3N2O3. The number of alkyl halides is 3. The Bertz CT molecular complexity index is 830. The van der Waals surface area contributed by atoms with Gasteiger partial charge >= 0.3 is 6.18 Å². The second-order valence-electron chi connectivity index (χ2n) is 5.44. The molecule has 2 aromatic rings. The van der Waals surface area contributed by atoms with Crippen molar-refractivity contribution in [1.82, 2.24) is 5.32 Å². The summed E-state index contributed by atoms with van der Waals surface area (Å²) in [6, 6.07) is 9.95. The predicted molar refractivity (Wildman–Crippen MR) is 88.9 cm³/mol. The van der Waals surface area contributed by atoms with Gasteiger partial charge in [-0.2, -0.15) is 13.2 Å². The highest BCUT2D eigenvalue weighted by atomic mass is 19.4. The topological polar surface area (TPSA) is 75.3 Å². The maximum atomic E-state index is 12.5. The number of anilines is 1. The Morgan fingerprint density at radius 1 is 0.962 bits per heavy atom. The number of nitrogens with one attached hydrogen (secondary N) is 2. The Morgan fingerprint density at radius 3 is 2.19 bits per heavy atom. The average Bonchev–Trinajstić information content (AvgIpc) is 2.59. The monoisotopic (exact) mass is 364 g/mol. The molecule has 5 nitrogen and oxygen atoms in total. The van der Waals surface area contributed by atoms with Crippen LogP contribution in [0.15, 0.2) is 48.5 Å². The van der Waals surface area contributed by atoms with Crippen LogP contribution in [0.1, 0.15) is 33.2 Å². The lowest BCUT2D eigenvalue weighted by atomic mass is 10.1. The van der Waals surface area contributed by atoms with Crippen LogP contribution in [-0.4, -0.2) is 24.1 Å². The van der Waals surface area contributed by atoms with E-state index in [2.05, 4.69) is 10.6 Å². The van der Waals surface area contributed by atoms with Gasteiger partial charge in [0.2, 0.25) is 5.91 Å². The van der Waals surface area contributed by atoms with E-state index in [0.717, 1.165) is 24.3 Å². The minimum atomic E-state index is -4.48. The van der Waals surface area contributed by atoms with Crippen LogP contribution in [-0.2, 0) is 11.0 Å². The molecule has 0 aliphatic heterocycles. The summed E-state index contributed by atoms with van der Waals surface area (Å²) in [4.78, 5) is 35.0. The first-order chi connectivity index (χ1) is 12.2. The number of hydrogen-bond acceptors (Lipinski definition) is 3. The first kappa shape index (κ1) is 19.2. The first-order valence-corrected chi connectivity index (χ1v) is 7.53. The number of hydrogen-bond donors (Lipinski definition) is 2. The van der Waals surface area contributed by atoms with Gasteiger partial charge < -0.3 is 10.6 Å². The molecule has 0 bridgehead atoms. The highest BCUT2D eigenvalue weighted by molar-refractivity contribution is 6.00. The van der Waals surface area contributed by atoms with E-state index in [-0.39, 0.29) is 17.9 Å². The van der Waals surface area contributed by atoms with Gasteiger partial charge in [0, 0.05) is 16.8 Å². The fraction of sp³-hybridized carbons (Fsp3) is 0.167. The second-order valence-corrected chi connectivity index (χ2v) is 5.44. The Labute approximate surface area is 147 Å². The van der Waals surface area contributed by atoms with E-state index >= 15 is 0 Å². The van der Waals surface area contributed by atoms with Crippen LogP contribution < -0.4 is 10.6 Å². The summed E-state index contributed by atoms with van der Waals surface area (Å²) in [6.45, 7) is 1.02. The quantitative estimate of drug-likeness (QED) is 0.800. The normalized spacial score (nSPS) is 10.9. The molecule has 136 valence electrons. The molecule has 2 rings (SSSR count). The van der Waals surface area contributed by atoms with Crippen LogP contribution in [0.3, 0.4) is 0 Å². The molecule has 2 N–H and O–H groups in total. The van der Waals surface area contributed by atoms with Crippen molar-refractivity contribution in [2.75, 3.05) is 11.9 Å². The van der Waals surface area contributed by atoms with Crippen LogP contribution in [0.5, 0.6) is 0 Å². The van der Waals surface area contributed by atoms with E-state index in [0.29, 0.717) is 11.3 Å². The Hall–Kier alpha value is -3.16. The van der Waals surface area contributed by atoms with Crippen molar-refractivity contribution >= 4 is 23.3 Å². The lowest BCUT2D eigenvalue weighted by Crippen LogP contribution is -2.32. The molecule has 0 atom stereocenters. The fourth-order valence-corrected chi connectivity index (χ4v) is 2.09. The third kappa shape index (κ3) is 5.17. The van der Waals surface area contributed by atoms with Crippen molar-refractivity contribution in [1.29, 1.82) is 0 Å². The van der Waals surface area contributed by atoms with Gasteiger partial charge in [-0.25, -0.2) is 0 Å². The van der Waals surface area contributed by atoms with Crippen LogP contribution in [0, 0.1) is 0 Å². The summed E-state index contributed by atoms with van der Waals surface area (Å²) >= 11 is 0. The van der Waals surface area contributed by atoms with Gasteiger partial charge in [0.1, 0.15) is 0 Å². The van der Waals surface area contributed by atoms with Crippen LogP contribution in [0.25, 0.3) is 0 Å². The molecule has 0 aromatic heterocycles. The molecule has 0 radical (unpaired) electrons. The van der Waals surface area contributed by atoms with E-state index in [1.54, 1.807) is 18.2 Å². The molecular weight excluding hydrogens is 349 g/mol. The van der Waals surface area contributed by atoms with Crippen molar-refractivity contribution in [3.05, 3.63) is 65.2 Å². The minimum Gasteiger partial charge on any atom is -0.343 e. The first-order valence-electron chi connectivity index (χ1n) is 7.53. The molecule has 0 aliphatic carbocycles. The summed E-state index contributed by atoms with van der Waals surface area (Å²) in [5.41, 5.74) is -0.0374. The molecule has 26 heavy (non-hydrogen) atoms. The van der Waals surface area contributed by atoms with Crippen molar-refractivity contribution < 1.29 is 27.6 Å². The third-order valence-corrected chi connectivity index (χ3v) is 3.44. The van der Waals surface area contributed by atoms with Gasteiger partial charge in [-0.3, -0.25) is 14.4 Å². The molecule has 0 heterocycles. The Balaban J connectivity index is 1.91. The number of Topliss-reactive ketones (excluding diaryl/α,β-unsaturated/α-hetero) is 1.